The third-order valence-corrected chi connectivity index (χ3v) is 5.89. The Morgan fingerprint density at radius 2 is 1.59 bits per heavy atom. The molecule has 0 spiro atoms. The smallest absolute Gasteiger partial charge is 0.215 e. The zero-order valence-electron chi connectivity index (χ0n) is 14.3. The SMILES string of the molecule is Clc1cccc([C@@H]2Oc3ccccc3[C@H]3CC(c4ccccc4)=NN32)c1Cl. The third kappa shape index (κ3) is 2.78. The molecule has 5 heteroatoms. The van der Waals surface area contributed by atoms with Crippen LogP contribution in [0.3, 0.4) is 0 Å². The zero-order valence-corrected chi connectivity index (χ0v) is 15.9. The fourth-order valence-corrected chi connectivity index (χ4v) is 4.16. The lowest BCUT2D eigenvalue weighted by Crippen LogP contribution is -2.33. The summed E-state index contributed by atoms with van der Waals surface area (Å²) in [4.78, 5) is 0. The predicted molar refractivity (Wildman–Crippen MR) is 108 cm³/mol. The maximum absolute atomic E-state index is 6.51. The normalized spacial score (nSPS) is 20.5. The number of rotatable bonds is 2. The number of hydrazone groups is 1. The van der Waals surface area contributed by atoms with Gasteiger partial charge in [0.25, 0.3) is 0 Å². The van der Waals surface area contributed by atoms with Gasteiger partial charge in [-0.2, -0.15) is 5.10 Å². The molecule has 0 radical (unpaired) electrons. The number of benzene rings is 3. The van der Waals surface area contributed by atoms with Crippen LogP contribution in [0.15, 0.2) is 77.9 Å². The summed E-state index contributed by atoms with van der Waals surface area (Å²) in [6.45, 7) is 0. The molecule has 27 heavy (non-hydrogen) atoms. The molecule has 5 rings (SSSR count). The number of fused-ring (bicyclic) bond motifs is 3. The highest BCUT2D eigenvalue weighted by Crippen LogP contribution is 2.48. The van der Waals surface area contributed by atoms with Gasteiger partial charge in [-0.05, 0) is 17.7 Å². The molecule has 0 unspecified atom stereocenters. The Hall–Kier alpha value is -2.49. The van der Waals surface area contributed by atoms with E-state index in [1.165, 1.54) is 0 Å². The second-order valence-corrected chi connectivity index (χ2v) is 7.45. The molecule has 2 atom stereocenters. The van der Waals surface area contributed by atoms with Gasteiger partial charge in [-0.1, -0.05) is 83.9 Å². The molecule has 0 amide bonds. The minimum atomic E-state index is -0.419. The van der Waals surface area contributed by atoms with E-state index in [-0.39, 0.29) is 6.04 Å². The monoisotopic (exact) mass is 394 g/mol. The van der Waals surface area contributed by atoms with Crippen LogP contribution < -0.4 is 4.74 Å². The fourth-order valence-electron chi connectivity index (χ4n) is 3.76. The van der Waals surface area contributed by atoms with Gasteiger partial charge in [0, 0.05) is 17.5 Å². The molecule has 3 aromatic rings. The van der Waals surface area contributed by atoms with Crippen LogP contribution in [-0.2, 0) is 0 Å². The lowest BCUT2D eigenvalue weighted by Gasteiger charge is -2.38. The van der Waals surface area contributed by atoms with E-state index in [1.807, 2.05) is 53.5 Å². The van der Waals surface area contributed by atoms with Crippen molar-refractivity contribution in [2.75, 3.05) is 0 Å². The Morgan fingerprint density at radius 1 is 0.852 bits per heavy atom. The maximum Gasteiger partial charge on any atom is 0.215 e. The zero-order chi connectivity index (χ0) is 18.4. The predicted octanol–water partition coefficient (Wildman–Crippen LogP) is 6.24. The van der Waals surface area contributed by atoms with E-state index in [0.717, 1.165) is 34.6 Å². The number of halogens is 2. The first-order valence-corrected chi connectivity index (χ1v) is 9.58. The van der Waals surface area contributed by atoms with Gasteiger partial charge in [-0.3, -0.25) is 0 Å². The summed E-state index contributed by atoms with van der Waals surface area (Å²) in [6.07, 6.45) is 0.399. The first-order valence-electron chi connectivity index (χ1n) is 8.83. The minimum Gasteiger partial charge on any atom is -0.464 e. The molecule has 0 fully saturated rings. The molecule has 3 nitrogen and oxygen atoms in total. The van der Waals surface area contributed by atoms with Gasteiger partial charge >= 0.3 is 0 Å². The molecule has 0 saturated carbocycles. The summed E-state index contributed by atoms with van der Waals surface area (Å²) in [5, 5.41) is 7.97. The number of hydrogen-bond donors (Lipinski definition) is 0. The van der Waals surface area contributed by atoms with Gasteiger partial charge in [0.2, 0.25) is 6.23 Å². The molecule has 2 heterocycles. The van der Waals surface area contributed by atoms with Crippen molar-refractivity contribution >= 4 is 28.9 Å². The first-order chi connectivity index (χ1) is 13.2. The lowest BCUT2D eigenvalue weighted by atomic mass is 9.96. The topological polar surface area (TPSA) is 24.8 Å². The number of hydrogen-bond acceptors (Lipinski definition) is 3. The van der Waals surface area contributed by atoms with E-state index < -0.39 is 6.23 Å². The average Bonchev–Trinajstić information content (AvgIpc) is 3.16. The van der Waals surface area contributed by atoms with Gasteiger partial charge in [-0.25, -0.2) is 5.01 Å². The van der Waals surface area contributed by atoms with Crippen molar-refractivity contribution in [2.24, 2.45) is 5.10 Å². The molecule has 3 aromatic carbocycles. The van der Waals surface area contributed by atoms with Crippen LogP contribution >= 0.6 is 23.2 Å². The number of para-hydroxylation sites is 1. The average molecular weight is 395 g/mol. The standard InChI is InChI=1S/C22H16Cl2N2O/c23-17-11-6-10-16(21(17)24)22-26-19(15-9-4-5-12-20(15)27-22)13-18(25-26)14-7-2-1-3-8-14/h1-12,19,22H,13H2/t19-,22+/m1/s1. The lowest BCUT2D eigenvalue weighted by molar-refractivity contribution is -0.0189. The van der Waals surface area contributed by atoms with E-state index in [2.05, 4.69) is 18.2 Å². The number of ether oxygens (including phenoxy) is 1. The van der Waals surface area contributed by atoms with Crippen molar-refractivity contribution in [3.05, 3.63) is 99.5 Å². The van der Waals surface area contributed by atoms with E-state index in [9.17, 15) is 0 Å². The van der Waals surface area contributed by atoms with E-state index in [1.54, 1.807) is 6.07 Å². The number of nitrogens with zero attached hydrogens (tertiary/aromatic N) is 2. The van der Waals surface area contributed by atoms with Crippen LogP contribution in [-0.4, -0.2) is 10.7 Å². The van der Waals surface area contributed by atoms with Crippen LogP contribution in [0, 0.1) is 0 Å². The first kappa shape index (κ1) is 16.7. The Morgan fingerprint density at radius 3 is 2.44 bits per heavy atom. The van der Waals surface area contributed by atoms with Crippen molar-refractivity contribution in [3.63, 3.8) is 0 Å². The maximum atomic E-state index is 6.51. The van der Waals surface area contributed by atoms with Gasteiger partial charge in [0.15, 0.2) is 0 Å². The van der Waals surface area contributed by atoms with Crippen molar-refractivity contribution in [2.45, 2.75) is 18.7 Å². The summed E-state index contributed by atoms with van der Waals surface area (Å²) in [5.74, 6) is 0.865. The van der Waals surface area contributed by atoms with E-state index >= 15 is 0 Å². The molecular formula is C22H16Cl2N2O. The highest BCUT2D eigenvalue weighted by atomic mass is 35.5. The summed E-state index contributed by atoms with van der Waals surface area (Å²) >= 11 is 12.8. The summed E-state index contributed by atoms with van der Waals surface area (Å²) < 4.78 is 6.33. The Bertz CT molecular complexity index is 1040. The second kappa shape index (κ2) is 6.59. The Kier molecular flexibility index (Phi) is 4.07. The molecule has 2 aliphatic heterocycles. The van der Waals surface area contributed by atoms with Crippen molar-refractivity contribution in [1.82, 2.24) is 5.01 Å². The van der Waals surface area contributed by atoms with Crippen molar-refractivity contribution < 1.29 is 4.74 Å². The highest BCUT2D eigenvalue weighted by Gasteiger charge is 2.41. The van der Waals surface area contributed by atoms with Crippen LogP contribution in [0.2, 0.25) is 10.0 Å². The van der Waals surface area contributed by atoms with Crippen LogP contribution in [0.1, 0.15) is 35.4 Å². The summed E-state index contributed by atoms with van der Waals surface area (Å²) in [5.41, 5.74) is 4.13. The minimum absolute atomic E-state index is 0.102. The van der Waals surface area contributed by atoms with Gasteiger partial charge in [0.05, 0.1) is 21.8 Å². The third-order valence-electron chi connectivity index (χ3n) is 5.05. The van der Waals surface area contributed by atoms with Crippen molar-refractivity contribution in [1.29, 1.82) is 0 Å². The second-order valence-electron chi connectivity index (χ2n) is 6.66. The summed E-state index contributed by atoms with van der Waals surface area (Å²) in [7, 11) is 0. The van der Waals surface area contributed by atoms with Crippen LogP contribution in [0.5, 0.6) is 5.75 Å². The molecule has 0 bridgehead atoms. The van der Waals surface area contributed by atoms with E-state index in [4.69, 9.17) is 33.0 Å². The van der Waals surface area contributed by atoms with Gasteiger partial charge < -0.3 is 4.74 Å². The van der Waals surface area contributed by atoms with Crippen molar-refractivity contribution in [3.8, 4) is 5.75 Å². The molecule has 2 aliphatic rings. The molecule has 0 aliphatic carbocycles. The Balaban J connectivity index is 1.64. The molecular weight excluding hydrogens is 379 g/mol. The quantitative estimate of drug-likeness (QED) is 0.513. The van der Waals surface area contributed by atoms with Gasteiger partial charge in [0.1, 0.15) is 5.75 Å². The molecule has 0 saturated heterocycles. The van der Waals surface area contributed by atoms with Gasteiger partial charge in [-0.15, -0.1) is 0 Å². The highest BCUT2D eigenvalue weighted by molar-refractivity contribution is 6.42. The van der Waals surface area contributed by atoms with E-state index in [0.29, 0.717) is 10.0 Å². The molecule has 0 aromatic heterocycles. The Labute approximate surface area is 167 Å². The molecule has 0 N–H and O–H groups in total. The fraction of sp³-hybridized carbons (Fsp3) is 0.136. The van der Waals surface area contributed by atoms with Crippen LogP contribution in [0.4, 0.5) is 0 Å². The molecule has 134 valence electrons. The van der Waals surface area contributed by atoms with Crippen LogP contribution in [0.25, 0.3) is 0 Å². The summed E-state index contributed by atoms with van der Waals surface area (Å²) in [6, 6.07) is 24.1. The largest absolute Gasteiger partial charge is 0.464 e.